The summed E-state index contributed by atoms with van der Waals surface area (Å²) >= 11 is 0. The number of nitrogens with zero attached hydrogens (tertiary/aromatic N) is 1. The monoisotopic (exact) mass is 189 g/mol. The molecule has 13 heavy (non-hydrogen) atoms. The van der Waals surface area contributed by atoms with Gasteiger partial charge in [-0.25, -0.2) is 0 Å². The summed E-state index contributed by atoms with van der Waals surface area (Å²) in [6.07, 6.45) is 0. The molecule has 0 aromatic heterocycles. The first-order valence-electron chi connectivity index (χ1n) is 3.20. The van der Waals surface area contributed by atoms with Crippen LogP contribution >= 0.6 is 0 Å². The number of nitrogens with one attached hydrogen (secondary N) is 2. The number of halogens is 2. The normalized spacial score (nSPS) is 9.69. The summed E-state index contributed by atoms with van der Waals surface area (Å²) in [4.78, 5) is 9.29. The van der Waals surface area contributed by atoms with Gasteiger partial charge in [0.2, 0.25) is 5.82 Å². The summed E-state index contributed by atoms with van der Waals surface area (Å²) < 4.78 is 24.2. The van der Waals surface area contributed by atoms with E-state index in [4.69, 9.17) is 0 Å². The predicted octanol–water partition coefficient (Wildman–Crippen LogP) is 1.53. The number of benzene rings is 1. The average Bonchev–Trinajstić information content (AvgIpc) is 2.04. The molecular weight excluding hydrogens is 184 g/mol. The highest BCUT2D eigenvalue weighted by Gasteiger charge is 2.13. The number of hydrogen-bond acceptors (Lipinski definition) is 4. The lowest BCUT2D eigenvalue weighted by atomic mass is 10.3. The van der Waals surface area contributed by atoms with Gasteiger partial charge in [0.05, 0.1) is 10.6 Å². The average molecular weight is 189 g/mol. The second-order valence-electron chi connectivity index (χ2n) is 2.14. The second-order valence-corrected chi connectivity index (χ2v) is 2.14. The summed E-state index contributed by atoms with van der Waals surface area (Å²) in [6, 6.07) is 2.92. The summed E-state index contributed by atoms with van der Waals surface area (Å²) in [5.74, 6) is -1.02. The zero-order valence-corrected chi connectivity index (χ0v) is 6.25. The fraction of sp³-hybridized carbons (Fsp3) is 0. The van der Waals surface area contributed by atoms with E-state index in [2.05, 4.69) is 0 Å². The molecule has 0 amide bonds. The Morgan fingerprint density at radius 2 is 2.15 bits per heavy atom. The Hall–Kier alpha value is -1.76. The van der Waals surface area contributed by atoms with Crippen molar-refractivity contribution in [2.45, 2.75) is 0 Å². The highest BCUT2D eigenvalue weighted by atomic mass is 19.2. The molecule has 7 heteroatoms. The number of nitro groups is 1. The largest absolute Gasteiger partial charge is 0.304 e. The zero-order chi connectivity index (χ0) is 9.84. The fourth-order valence-corrected chi connectivity index (χ4v) is 0.787. The third-order valence-corrected chi connectivity index (χ3v) is 1.34. The number of hydrazine groups is 1. The maximum absolute atomic E-state index is 12.8. The van der Waals surface area contributed by atoms with Crippen LogP contribution in [0.5, 0.6) is 0 Å². The summed E-state index contributed by atoms with van der Waals surface area (Å²) in [5.41, 5.74) is 2.42. The van der Waals surface area contributed by atoms with Gasteiger partial charge in [-0.05, 0) is 6.07 Å². The highest BCUT2D eigenvalue weighted by molar-refractivity contribution is 5.48. The molecular formula is C6H5F2N3O2. The Bertz CT molecular complexity index is 332. The first-order chi connectivity index (χ1) is 6.15. The van der Waals surface area contributed by atoms with Gasteiger partial charge in [0.1, 0.15) is 0 Å². The van der Waals surface area contributed by atoms with Gasteiger partial charge in [-0.3, -0.25) is 15.5 Å². The molecule has 0 heterocycles. The van der Waals surface area contributed by atoms with Gasteiger partial charge in [-0.2, -0.15) is 4.39 Å². The smallest absolute Gasteiger partial charge is 0.295 e. The molecule has 5 nitrogen and oxygen atoms in total. The third kappa shape index (κ3) is 2.09. The summed E-state index contributed by atoms with van der Waals surface area (Å²) in [7, 11) is 0. The van der Waals surface area contributed by atoms with Gasteiger partial charge in [0.25, 0.3) is 0 Å². The Morgan fingerprint density at radius 1 is 1.46 bits per heavy atom. The Kier molecular flexibility index (Phi) is 2.70. The minimum absolute atomic E-state index is 0.0607. The Morgan fingerprint density at radius 3 is 2.62 bits per heavy atom. The number of nitro benzene ring substituents is 1. The minimum atomic E-state index is -1.02. The molecule has 0 atom stereocenters. The molecule has 0 saturated carbocycles. The van der Waals surface area contributed by atoms with E-state index >= 15 is 0 Å². The van der Waals surface area contributed by atoms with Crippen molar-refractivity contribution >= 4 is 11.4 Å². The predicted molar refractivity (Wildman–Crippen MR) is 40.9 cm³/mol. The molecule has 0 fully saturated rings. The molecule has 1 rings (SSSR count). The van der Waals surface area contributed by atoms with Crippen molar-refractivity contribution in [1.82, 2.24) is 5.65 Å². The summed E-state index contributed by atoms with van der Waals surface area (Å²) in [6.45, 7) is 0. The minimum Gasteiger partial charge on any atom is -0.295 e. The molecule has 70 valence electrons. The molecule has 0 spiro atoms. The lowest BCUT2D eigenvalue weighted by Crippen LogP contribution is -2.10. The van der Waals surface area contributed by atoms with Crippen LogP contribution in [0.25, 0.3) is 0 Å². The van der Waals surface area contributed by atoms with E-state index in [-0.39, 0.29) is 5.69 Å². The third-order valence-electron chi connectivity index (χ3n) is 1.34. The van der Waals surface area contributed by atoms with Crippen LogP contribution in [0.1, 0.15) is 0 Å². The number of hydrogen-bond donors (Lipinski definition) is 2. The van der Waals surface area contributed by atoms with Gasteiger partial charge in [0.15, 0.2) is 0 Å². The van der Waals surface area contributed by atoms with E-state index < -0.39 is 16.4 Å². The molecule has 0 saturated heterocycles. The van der Waals surface area contributed by atoms with Crippen molar-refractivity contribution in [2.24, 2.45) is 0 Å². The van der Waals surface area contributed by atoms with Crippen LogP contribution in [-0.4, -0.2) is 4.92 Å². The van der Waals surface area contributed by atoms with Gasteiger partial charge >= 0.3 is 5.69 Å². The van der Waals surface area contributed by atoms with Crippen LogP contribution in [0.2, 0.25) is 0 Å². The van der Waals surface area contributed by atoms with E-state index in [0.29, 0.717) is 0 Å². The molecule has 0 aliphatic carbocycles. The van der Waals surface area contributed by atoms with E-state index in [1.807, 2.05) is 5.43 Å². The molecule has 0 aliphatic rings. The maximum atomic E-state index is 12.8. The molecule has 0 radical (unpaired) electrons. The second kappa shape index (κ2) is 3.76. The van der Waals surface area contributed by atoms with Crippen LogP contribution in [-0.2, 0) is 0 Å². The van der Waals surface area contributed by atoms with Crippen LogP contribution in [0.3, 0.4) is 0 Å². The van der Waals surface area contributed by atoms with E-state index in [1.54, 1.807) is 0 Å². The van der Waals surface area contributed by atoms with Crippen molar-refractivity contribution < 1.29 is 13.8 Å². The first-order valence-corrected chi connectivity index (χ1v) is 3.20. The number of anilines is 1. The lowest BCUT2D eigenvalue weighted by Gasteiger charge is -2.00. The topological polar surface area (TPSA) is 67.2 Å². The standard InChI is InChI=1S/C6H5F2N3O2/c7-5-3-4(9-10-8)1-2-6(5)11(12)13/h1-3,9-10H. The first kappa shape index (κ1) is 9.33. The number of rotatable bonds is 3. The highest BCUT2D eigenvalue weighted by Crippen LogP contribution is 2.20. The Balaban J connectivity index is 2.98. The van der Waals surface area contributed by atoms with Gasteiger partial charge in [-0.15, -0.1) is 4.48 Å². The van der Waals surface area contributed by atoms with E-state index in [9.17, 15) is 19.0 Å². The maximum Gasteiger partial charge on any atom is 0.304 e. The van der Waals surface area contributed by atoms with Crippen LogP contribution in [0.4, 0.5) is 20.2 Å². The van der Waals surface area contributed by atoms with E-state index in [0.717, 1.165) is 17.8 Å². The lowest BCUT2D eigenvalue weighted by molar-refractivity contribution is -0.387. The summed E-state index contributed by atoms with van der Waals surface area (Å²) in [5, 5.41) is 10.1. The van der Waals surface area contributed by atoms with Crippen molar-refractivity contribution in [3.8, 4) is 0 Å². The Labute approximate surface area is 71.4 Å². The van der Waals surface area contributed by atoms with Gasteiger partial charge in [-0.1, -0.05) is 5.65 Å². The molecule has 0 unspecified atom stereocenters. The van der Waals surface area contributed by atoms with Gasteiger partial charge in [0, 0.05) is 12.1 Å². The molecule has 0 bridgehead atoms. The van der Waals surface area contributed by atoms with Gasteiger partial charge < -0.3 is 0 Å². The van der Waals surface area contributed by atoms with Crippen molar-refractivity contribution in [2.75, 3.05) is 5.43 Å². The van der Waals surface area contributed by atoms with Crippen molar-refractivity contribution in [3.63, 3.8) is 0 Å². The fourth-order valence-electron chi connectivity index (χ4n) is 0.787. The van der Waals surface area contributed by atoms with Crippen LogP contribution in [0.15, 0.2) is 18.2 Å². The zero-order valence-electron chi connectivity index (χ0n) is 6.25. The SMILES string of the molecule is O=[N+]([O-])c1ccc(NNF)cc1F. The molecule has 1 aromatic rings. The van der Waals surface area contributed by atoms with Crippen molar-refractivity contribution in [1.29, 1.82) is 0 Å². The van der Waals surface area contributed by atoms with Crippen LogP contribution in [0, 0.1) is 15.9 Å². The quantitative estimate of drug-likeness (QED) is 0.430. The van der Waals surface area contributed by atoms with E-state index in [1.165, 1.54) is 6.07 Å². The van der Waals surface area contributed by atoms with Crippen molar-refractivity contribution in [3.05, 3.63) is 34.1 Å². The molecule has 0 aliphatic heterocycles. The molecule has 2 N–H and O–H groups in total. The van der Waals surface area contributed by atoms with Crippen LogP contribution < -0.4 is 11.1 Å². The molecule has 1 aromatic carbocycles.